The van der Waals surface area contributed by atoms with Crippen LogP contribution in [0, 0.1) is 0 Å². The van der Waals surface area contributed by atoms with Crippen molar-refractivity contribution in [2.24, 2.45) is 0 Å². The van der Waals surface area contributed by atoms with Gasteiger partial charge in [-0.1, -0.05) is 146 Å². The first-order chi connectivity index (χ1) is 43.2. The van der Waals surface area contributed by atoms with Gasteiger partial charge in [0.05, 0.1) is 52.9 Å². The summed E-state index contributed by atoms with van der Waals surface area (Å²) in [5, 5.41) is 0. The second-order valence-electron chi connectivity index (χ2n) is 21.4. The van der Waals surface area contributed by atoms with Crippen LogP contribution in [-0.4, -0.2) is 117 Å². The van der Waals surface area contributed by atoms with E-state index in [0.717, 1.165) is 113 Å². The molecule has 460 valence electrons. The van der Waals surface area contributed by atoms with Crippen LogP contribution in [0.5, 0.6) is 46.0 Å². The Balaban J connectivity index is 0.00000109. The third-order valence-electron chi connectivity index (χ3n) is 14.2. The fourth-order valence-electron chi connectivity index (χ4n) is 10.5. The maximum atomic E-state index is 9.44. The molecule has 0 spiro atoms. The van der Waals surface area contributed by atoms with Crippen LogP contribution in [0.1, 0.15) is 72.2 Å². The van der Waals surface area contributed by atoms with Gasteiger partial charge in [0.15, 0.2) is 0 Å². The minimum absolute atomic E-state index is 0.167. The SMILES string of the molecule is CC(C)=O.CC(C)=O.c1cc2c3c(c1)Cc1cccc4c1OCCOCCOc1ccccc1-c1ccccc1OCCOCCOc1c(cccc1Cc1cccc(c1OCCOCCOc1ccccc1-c1ccccc1OCCOCCO3)C4)C2. The highest BCUT2D eigenvalue weighted by Gasteiger charge is 2.23. The molecule has 8 aromatic rings. The highest BCUT2D eigenvalue weighted by atomic mass is 16.6. The number of ketones is 2. The summed E-state index contributed by atoms with van der Waals surface area (Å²) in [6.45, 7) is 11.6. The molecule has 88 heavy (non-hydrogen) atoms. The molecule has 0 amide bonds. The third-order valence-corrected chi connectivity index (χ3v) is 14.2. The summed E-state index contributed by atoms with van der Waals surface area (Å²) >= 11 is 0. The molecule has 8 aromatic carbocycles. The van der Waals surface area contributed by atoms with E-state index in [-0.39, 0.29) is 11.6 Å². The van der Waals surface area contributed by atoms with Gasteiger partial charge in [-0.05, 0) is 96.5 Å². The van der Waals surface area contributed by atoms with Crippen LogP contribution in [0.15, 0.2) is 170 Å². The van der Waals surface area contributed by atoms with Gasteiger partial charge in [-0.3, -0.25) is 0 Å². The summed E-state index contributed by atoms with van der Waals surface area (Å²) in [6, 6.07) is 57.7. The molecule has 14 nitrogen and oxygen atoms in total. The second kappa shape index (κ2) is 34.0. The van der Waals surface area contributed by atoms with Gasteiger partial charge < -0.3 is 66.4 Å². The van der Waals surface area contributed by atoms with Crippen LogP contribution in [0.4, 0.5) is 0 Å². The zero-order chi connectivity index (χ0) is 61.1. The van der Waals surface area contributed by atoms with E-state index in [1.54, 1.807) is 0 Å². The molecule has 0 N–H and O–H groups in total. The largest absolute Gasteiger partial charge is 0.491 e. The number of Topliss-reactive ketones (excluding diaryl/α,β-unsaturated/α-hetero) is 2. The smallest absolute Gasteiger partial charge is 0.127 e. The first-order valence-corrected chi connectivity index (χ1v) is 30.3. The minimum Gasteiger partial charge on any atom is -0.491 e. The Bertz CT molecular complexity index is 2980. The van der Waals surface area contributed by atoms with Gasteiger partial charge in [-0.2, -0.15) is 0 Å². The van der Waals surface area contributed by atoms with Gasteiger partial charge in [0, 0.05) is 47.9 Å². The summed E-state index contributed by atoms with van der Waals surface area (Å²) in [7, 11) is 0. The van der Waals surface area contributed by atoms with Gasteiger partial charge in [-0.25, -0.2) is 0 Å². The highest BCUT2D eigenvalue weighted by molar-refractivity contribution is 5.77. The monoisotopic (exact) mass is 1190 g/mol. The van der Waals surface area contributed by atoms with Crippen molar-refractivity contribution < 1.29 is 66.4 Å². The molecule has 0 radical (unpaired) electrons. The Labute approximate surface area is 517 Å². The number of rotatable bonds is 0. The number of ether oxygens (including phenoxy) is 12. The molecule has 0 fully saturated rings. The van der Waals surface area contributed by atoms with E-state index in [2.05, 4.69) is 72.8 Å². The molecule has 0 saturated heterocycles. The first-order valence-electron chi connectivity index (χ1n) is 30.3. The number of hydrogen-bond donors (Lipinski definition) is 0. The predicted molar refractivity (Wildman–Crippen MR) is 341 cm³/mol. The zero-order valence-corrected chi connectivity index (χ0v) is 51.0. The topological polar surface area (TPSA) is 145 Å². The molecule has 0 atom stereocenters. The lowest BCUT2D eigenvalue weighted by molar-refractivity contribution is -0.115. The third kappa shape index (κ3) is 18.7. The Hall–Kier alpha value is -8.66. The number of hydrogen-bond acceptors (Lipinski definition) is 14. The number of benzene rings is 8. The average Bonchev–Trinajstić information content (AvgIpc) is 2.56. The summed E-state index contributed by atoms with van der Waals surface area (Å²) in [5.41, 5.74) is 11.9. The van der Waals surface area contributed by atoms with Crippen molar-refractivity contribution in [3.63, 3.8) is 0 Å². The number of carbonyl (C=O) groups is 2. The van der Waals surface area contributed by atoms with Gasteiger partial charge in [0.1, 0.15) is 110 Å². The normalized spacial score (nSPS) is 15.2. The van der Waals surface area contributed by atoms with Gasteiger partial charge in [0.2, 0.25) is 0 Å². The van der Waals surface area contributed by atoms with E-state index in [1.165, 1.54) is 27.7 Å². The maximum absolute atomic E-state index is 9.44. The Morgan fingerprint density at radius 2 is 0.398 bits per heavy atom. The van der Waals surface area contributed by atoms with Crippen molar-refractivity contribution in [1.82, 2.24) is 0 Å². The van der Waals surface area contributed by atoms with E-state index < -0.39 is 0 Å². The van der Waals surface area contributed by atoms with Crippen LogP contribution in [-0.2, 0) is 54.2 Å². The van der Waals surface area contributed by atoms with Gasteiger partial charge in [-0.15, -0.1) is 0 Å². The fourth-order valence-corrected chi connectivity index (χ4v) is 10.5. The molecule has 4 aliphatic heterocycles. The van der Waals surface area contributed by atoms with E-state index in [1.807, 2.05) is 97.1 Å². The Kier molecular flexibility index (Phi) is 24.7. The van der Waals surface area contributed by atoms with E-state index in [4.69, 9.17) is 56.8 Å². The second-order valence-corrected chi connectivity index (χ2v) is 21.4. The van der Waals surface area contributed by atoms with E-state index >= 15 is 0 Å². The van der Waals surface area contributed by atoms with Crippen molar-refractivity contribution in [3.8, 4) is 68.2 Å². The standard InChI is InChI=1S/C68H68O12.2C3H6O/c1-5-25-61-57(21-1)58-22-2-6-26-62(58)74-38-30-70-34-42-78-66-51-15-10-16-52(66)48-56-20-12-18-54-46-50-14-9-13-49(65(50)77-41-33-69-29-37-73-61)45-53-17-11-19-55(47-51)67(53)79-43-35-71-31-39-75-63-27-7-3-23-59(63)60-24-4-8-28-64(60)76-40-32-72-36-44-80-68(54)56;2*1-3(2)4/h1-28H,29-48H2;2*1-2H3. The predicted octanol–water partition coefficient (Wildman–Crippen LogP) is 13.4. The van der Waals surface area contributed by atoms with Crippen LogP contribution in [0.25, 0.3) is 22.3 Å². The maximum Gasteiger partial charge on any atom is 0.127 e. The fraction of sp³-hybridized carbons (Fsp3) is 0.324. The molecule has 0 aromatic heterocycles. The summed E-state index contributed by atoms with van der Waals surface area (Å²) in [4.78, 5) is 18.9. The number of fused-ring (bicyclic) bond motifs is 24. The average molecular weight is 1190 g/mol. The quantitative estimate of drug-likeness (QED) is 0.133. The molecule has 5 aliphatic rings. The van der Waals surface area contributed by atoms with Gasteiger partial charge >= 0.3 is 0 Å². The molecular weight excluding hydrogens is 1110 g/mol. The molecule has 1 aliphatic carbocycles. The van der Waals surface area contributed by atoms with Crippen LogP contribution < -0.4 is 37.9 Å². The van der Waals surface area contributed by atoms with Crippen LogP contribution in [0.3, 0.4) is 0 Å². The Morgan fingerprint density at radius 1 is 0.227 bits per heavy atom. The zero-order valence-electron chi connectivity index (χ0n) is 51.0. The van der Waals surface area contributed by atoms with Crippen molar-refractivity contribution in [2.75, 3.05) is 106 Å². The minimum atomic E-state index is 0.167. The van der Waals surface area contributed by atoms with E-state index in [9.17, 15) is 9.59 Å². The first kappa shape index (κ1) is 63.8. The van der Waals surface area contributed by atoms with Gasteiger partial charge in [0.25, 0.3) is 0 Å². The Morgan fingerprint density at radius 3 is 0.591 bits per heavy atom. The molecule has 13 rings (SSSR count). The summed E-state index contributed by atoms with van der Waals surface area (Å²) in [6.07, 6.45) is 2.15. The lowest BCUT2D eigenvalue weighted by atomic mass is 9.91. The van der Waals surface area contributed by atoms with Crippen molar-refractivity contribution in [1.29, 1.82) is 0 Å². The molecule has 14 heteroatoms. The van der Waals surface area contributed by atoms with Crippen LogP contribution >= 0.6 is 0 Å². The molecular formula is C74H80O14. The van der Waals surface area contributed by atoms with Crippen LogP contribution in [0.2, 0.25) is 0 Å². The van der Waals surface area contributed by atoms with E-state index in [0.29, 0.717) is 131 Å². The van der Waals surface area contributed by atoms with Crippen molar-refractivity contribution in [3.05, 3.63) is 214 Å². The summed E-state index contributed by atoms with van der Waals surface area (Å²) in [5.74, 6) is 6.51. The lowest BCUT2D eigenvalue weighted by Gasteiger charge is -2.23. The molecule has 0 unspecified atom stereocenters. The van der Waals surface area contributed by atoms with Crippen molar-refractivity contribution in [2.45, 2.75) is 53.4 Å². The lowest BCUT2D eigenvalue weighted by Crippen LogP contribution is -2.15. The number of para-hydroxylation sites is 8. The number of carbonyl (C=O) groups excluding carboxylic acids is 2. The highest BCUT2D eigenvalue weighted by Crippen LogP contribution is 2.41. The summed E-state index contributed by atoms with van der Waals surface area (Å²) < 4.78 is 77.9. The molecule has 12 bridgehead atoms. The molecule has 4 heterocycles. The van der Waals surface area contributed by atoms with Crippen molar-refractivity contribution >= 4 is 11.6 Å². The molecule has 0 saturated carbocycles.